The molecule has 0 aliphatic rings. The minimum atomic E-state index is -1.16. The van der Waals surface area contributed by atoms with Gasteiger partial charge in [0, 0.05) is 11.3 Å². The zero-order valence-corrected chi connectivity index (χ0v) is 10.6. The second-order valence-corrected chi connectivity index (χ2v) is 3.82. The molecule has 2 unspecified atom stereocenters. The van der Waals surface area contributed by atoms with Crippen LogP contribution < -0.4 is 9.47 Å². The van der Waals surface area contributed by atoms with E-state index in [2.05, 4.69) is 0 Å². The summed E-state index contributed by atoms with van der Waals surface area (Å²) in [5.74, 6) is 0.954. The van der Waals surface area contributed by atoms with Crippen LogP contribution >= 0.6 is 0 Å². The van der Waals surface area contributed by atoms with Crippen LogP contribution in [0.15, 0.2) is 18.2 Å². The Balaban J connectivity index is 3.05. The average molecular weight is 255 g/mol. The van der Waals surface area contributed by atoms with Crippen molar-refractivity contribution in [2.75, 3.05) is 14.2 Å². The molecule has 6 nitrogen and oxygen atoms in total. The topological polar surface area (TPSA) is 81.8 Å². The van der Waals surface area contributed by atoms with Gasteiger partial charge in [0.2, 0.25) is 6.04 Å². The number of methoxy groups -OCH3 is 2. The number of ether oxygens (including phenoxy) is 2. The standard InChI is InChI=1S/C12H17NO5/c1-4-9(13(15)16)12(14)8-5-6-10(17-2)11(7-8)18-3/h5-7,9,12,14H,4H2,1-3H3. The Morgan fingerprint density at radius 3 is 2.39 bits per heavy atom. The predicted octanol–water partition coefficient (Wildman–Crippen LogP) is 1.79. The lowest BCUT2D eigenvalue weighted by atomic mass is 10.0. The fourth-order valence-corrected chi connectivity index (χ4v) is 1.75. The van der Waals surface area contributed by atoms with Gasteiger partial charge in [-0.1, -0.05) is 13.0 Å². The maximum Gasteiger partial charge on any atom is 0.242 e. The molecule has 1 rings (SSSR count). The highest BCUT2D eigenvalue weighted by atomic mass is 16.6. The Hall–Kier alpha value is -1.82. The zero-order valence-electron chi connectivity index (χ0n) is 10.6. The molecule has 100 valence electrons. The molecule has 1 aromatic rings. The first-order chi connectivity index (χ1) is 8.54. The number of aliphatic hydroxyl groups excluding tert-OH is 1. The Kier molecular flexibility index (Phi) is 4.91. The highest BCUT2D eigenvalue weighted by Crippen LogP contribution is 2.31. The largest absolute Gasteiger partial charge is 0.493 e. The monoisotopic (exact) mass is 255 g/mol. The summed E-state index contributed by atoms with van der Waals surface area (Å²) in [5, 5.41) is 20.8. The van der Waals surface area contributed by atoms with Crippen molar-refractivity contribution in [3.63, 3.8) is 0 Å². The van der Waals surface area contributed by atoms with Crippen LogP contribution in [0, 0.1) is 10.1 Å². The van der Waals surface area contributed by atoms with Crippen LogP contribution in [-0.2, 0) is 0 Å². The van der Waals surface area contributed by atoms with Crippen LogP contribution in [-0.4, -0.2) is 30.3 Å². The number of hydrogen-bond acceptors (Lipinski definition) is 5. The lowest BCUT2D eigenvalue weighted by Crippen LogP contribution is -2.26. The highest BCUT2D eigenvalue weighted by molar-refractivity contribution is 5.43. The van der Waals surface area contributed by atoms with Crippen LogP contribution in [0.3, 0.4) is 0 Å². The summed E-state index contributed by atoms with van der Waals surface area (Å²) in [6, 6.07) is 3.74. The van der Waals surface area contributed by atoms with Gasteiger partial charge in [-0.15, -0.1) is 0 Å². The third kappa shape index (κ3) is 2.89. The number of benzene rings is 1. The zero-order chi connectivity index (χ0) is 13.7. The molecule has 2 atom stereocenters. The molecule has 6 heteroatoms. The predicted molar refractivity (Wildman–Crippen MR) is 65.6 cm³/mol. The van der Waals surface area contributed by atoms with E-state index in [1.54, 1.807) is 25.1 Å². The Morgan fingerprint density at radius 1 is 1.33 bits per heavy atom. The first-order valence-corrected chi connectivity index (χ1v) is 5.58. The van der Waals surface area contributed by atoms with Gasteiger partial charge in [0.05, 0.1) is 14.2 Å². The molecule has 0 spiro atoms. The van der Waals surface area contributed by atoms with Crippen LogP contribution in [0.1, 0.15) is 25.0 Å². The SMILES string of the molecule is CCC(C(O)c1ccc(OC)c(OC)c1)[N+](=O)[O-]. The number of rotatable bonds is 6. The molecule has 1 aromatic carbocycles. The quantitative estimate of drug-likeness (QED) is 0.619. The fraction of sp³-hybridized carbons (Fsp3) is 0.500. The first kappa shape index (κ1) is 14.2. The molecular weight excluding hydrogens is 238 g/mol. The van der Waals surface area contributed by atoms with Gasteiger partial charge < -0.3 is 14.6 Å². The minimum Gasteiger partial charge on any atom is -0.493 e. The van der Waals surface area contributed by atoms with E-state index in [1.165, 1.54) is 14.2 Å². The minimum absolute atomic E-state index is 0.252. The summed E-state index contributed by atoms with van der Waals surface area (Å²) in [5.41, 5.74) is 0.441. The summed E-state index contributed by atoms with van der Waals surface area (Å²) in [6.45, 7) is 1.66. The van der Waals surface area contributed by atoms with E-state index < -0.39 is 17.1 Å². The Morgan fingerprint density at radius 2 is 1.94 bits per heavy atom. The molecule has 0 amide bonds. The number of nitro groups is 1. The van der Waals surface area contributed by atoms with Crippen molar-refractivity contribution < 1.29 is 19.5 Å². The molecule has 1 N–H and O–H groups in total. The first-order valence-electron chi connectivity index (χ1n) is 5.58. The van der Waals surface area contributed by atoms with Crippen molar-refractivity contribution in [2.24, 2.45) is 0 Å². The van der Waals surface area contributed by atoms with Gasteiger partial charge in [-0.2, -0.15) is 0 Å². The molecule has 0 aliphatic heterocycles. The Bertz CT molecular complexity index is 421. The van der Waals surface area contributed by atoms with Crippen LogP contribution in [0.5, 0.6) is 11.5 Å². The van der Waals surface area contributed by atoms with E-state index in [9.17, 15) is 15.2 Å². The van der Waals surface area contributed by atoms with Crippen molar-refractivity contribution in [1.82, 2.24) is 0 Å². The van der Waals surface area contributed by atoms with E-state index in [4.69, 9.17) is 9.47 Å². The third-order valence-electron chi connectivity index (χ3n) is 2.80. The number of nitrogens with zero attached hydrogens (tertiary/aromatic N) is 1. The van der Waals surface area contributed by atoms with Crippen molar-refractivity contribution in [3.05, 3.63) is 33.9 Å². The lowest BCUT2D eigenvalue weighted by Gasteiger charge is -2.16. The molecular formula is C12H17NO5. The molecule has 0 radical (unpaired) electrons. The fourth-order valence-electron chi connectivity index (χ4n) is 1.75. The van der Waals surface area contributed by atoms with E-state index in [0.717, 1.165) is 0 Å². The van der Waals surface area contributed by atoms with Crippen LogP contribution in [0.4, 0.5) is 0 Å². The molecule has 0 aliphatic carbocycles. The molecule has 0 aromatic heterocycles. The van der Waals surface area contributed by atoms with E-state index >= 15 is 0 Å². The van der Waals surface area contributed by atoms with Gasteiger partial charge in [-0.25, -0.2) is 0 Å². The average Bonchev–Trinajstić information content (AvgIpc) is 2.38. The van der Waals surface area contributed by atoms with Gasteiger partial charge in [-0.3, -0.25) is 10.1 Å². The smallest absolute Gasteiger partial charge is 0.242 e. The van der Waals surface area contributed by atoms with E-state index in [-0.39, 0.29) is 6.42 Å². The van der Waals surface area contributed by atoms with Crippen molar-refractivity contribution in [2.45, 2.75) is 25.5 Å². The summed E-state index contributed by atoms with van der Waals surface area (Å²) < 4.78 is 10.2. The maximum absolute atomic E-state index is 10.8. The third-order valence-corrected chi connectivity index (χ3v) is 2.80. The summed E-state index contributed by atoms with van der Waals surface area (Å²) in [6.07, 6.45) is -0.910. The van der Waals surface area contributed by atoms with Gasteiger partial charge in [0.25, 0.3) is 0 Å². The normalized spacial score (nSPS) is 13.8. The lowest BCUT2D eigenvalue weighted by molar-refractivity contribution is -0.536. The Labute approximate surface area is 105 Å². The summed E-state index contributed by atoms with van der Waals surface area (Å²) >= 11 is 0. The van der Waals surface area contributed by atoms with Crippen LogP contribution in [0.25, 0.3) is 0 Å². The van der Waals surface area contributed by atoms with Crippen molar-refractivity contribution in [3.8, 4) is 11.5 Å². The molecule has 0 saturated carbocycles. The van der Waals surface area contributed by atoms with E-state index in [1.807, 2.05) is 0 Å². The molecule has 0 fully saturated rings. The number of aliphatic hydroxyl groups is 1. The van der Waals surface area contributed by atoms with Gasteiger partial charge in [0.1, 0.15) is 6.10 Å². The number of hydrogen-bond donors (Lipinski definition) is 1. The highest BCUT2D eigenvalue weighted by Gasteiger charge is 2.29. The molecule has 18 heavy (non-hydrogen) atoms. The summed E-state index contributed by atoms with van der Waals surface area (Å²) in [4.78, 5) is 10.3. The van der Waals surface area contributed by atoms with Gasteiger partial charge in [0.15, 0.2) is 11.5 Å². The van der Waals surface area contributed by atoms with Gasteiger partial charge in [-0.05, 0) is 17.7 Å². The van der Waals surface area contributed by atoms with Crippen LogP contribution in [0.2, 0.25) is 0 Å². The second-order valence-electron chi connectivity index (χ2n) is 3.82. The molecule has 0 bridgehead atoms. The van der Waals surface area contributed by atoms with Crippen molar-refractivity contribution >= 4 is 0 Å². The summed E-state index contributed by atoms with van der Waals surface area (Å²) in [7, 11) is 2.97. The van der Waals surface area contributed by atoms with Crippen molar-refractivity contribution in [1.29, 1.82) is 0 Å². The van der Waals surface area contributed by atoms with Gasteiger partial charge >= 0.3 is 0 Å². The van der Waals surface area contributed by atoms with E-state index in [0.29, 0.717) is 17.1 Å². The maximum atomic E-state index is 10.8. The molecule has 0 saturated heterocycles. The molecule has 0 heterocycles. The second kappa shape index (κ2) is 6.20.